The number of hydrogen-bond donors (Lipinski definition) is 2. The Morgan fingerprint density at radius 2 is 1.88 bits per heavy atom. The molecule has 0 aromatic heterocycles. The molecule has 2 aromatic carbocycles. The molecular formula is C17H19N3O4S. The van der Waals surface area contributed by atoms with Gasteiger partial charge in [-0.3, -0.25) is 4.31 Å². The Kier molecular flexibility index (Phi) is 4.80. The quantitative estimate of drug-likeness (QED) is 0.876. The highest BCUT2D eigenvalue weighted by Gasteiger charge is 2.29. The zero-order chi connectivity index (χ0) is 17.9. The van der Waals surface area contributed by atoms with Crippen LogP contribution in [0.4, 0.5) is 21.9 Å². The van der Waals surface area contributed by atoms with Gasteiger partial charge in [0.15, 0.2) is 0 Å². The molecule has 0 saturated carbocycles. The van der Waals surface area contributed by atoms with Gasteiger partial charge in [-0.1, -0.05) is 18.2 Å². The van der Waals surface area contributed by atoms with Crippen molar-refractivity contribution in [2.45, 2.75) is 6.42 Å². The average molecular weight is 361 g/mol. The molecule has 3 rings (SSSR count). The second kappa shape index (κ2) is 7.02. The molecule has 2 N–H and O–H groups in total. The van der Waals surface area contributed by atoms with Crippen molar-refractivity contribution in [2.24, 2.45) is 0 Å². The highest BCUT2D eigenvalue weighted by atomic mass is 32.2. The summed E-state index contributed by atoms with van der Waals surface area (Å²) in [5.41, 5.74) is 1.56. The highest BCUT2D eigenvalue weighted by molar-refractivity contribution is 7.93. The number of hydrogen-bond acceptors (Lipinski definition) is 4. The number of rotatable bonds is 4. The summed E-state index contributed by atoms with van der Waals surface area (Å²) in [6, 6.07) is 13.5. The standard InChI is InChI=1S/C17H19N3O4S/c1-24-16-9-8-14(20-10-5-11-25(20,22)23)12-15(16)19-17(21)18-13-6-3-2-4-7-13/h2-4,6-9,12H,5,10-11H2,1H3,(H2,18,19,21). The summed E-state index contributed by atoms with van der Waals surface area (Å²) in [4.78, 5) is 12.2. The van der Waals surface area contributed by atoms with Crippen LogP contribution in [0.15, 0.2) is 48.5 Å². The van der Waals surface area contributed by atoms with Crippen LogP contribution in [0.3, 0.4) is 0 Å². The molecule has 0 aliphatic carbocycles. The van der Waals surface area contributed by atoms with Crippen molar-refractivity contribution >= 4 is 33.1 Å². The lowest BCUT2D eigenvalue weighted by molar-refractivity contribution is 0.262. The predicted molar refractivity (Wildman–Crippen MR) is 97.8 cm³/mol. The monoisotopic (exact) mass is 361 g/mol. The van der Waals surface area contributed by atoms with E-state index in [2.05, 4.69) is 10.6 Å². The molecule has 0 atom stereocenters. The second-order valence-corrected chi connectivity index (χ2v) is 7.58. The number of ether oxygens (including phenoxy) is 1. The zero-order valence-corrected chi connectivity index (χ0v) is 14.5. The molecule has 0 bridgehead atoms. The minimum absolute atomic E-state index is 0.135. The largest absolute Gasteiger partial charge is 0.495 e. The number of nitrogens with zero attached hydrogens (tertiary/aromatic N) is 1. The lowest BCUT2D eigenvalue weighted by Gasteiger charge is -2.19. The first-order chi connectivity index (χ1) is 12.0. The van der Waals surface area contributed by atoms with Gasteiger partial charge in [0.1, 0.15) is 5.75 Å². The Hall–Kier alpha value is -2.74. The number of para-hydroxylation sites is 1. The van der Waals surface area contributed by atoms with Crippen LogP contribution in [0.25, 0.3) is 0 Å². The van der Waals surface area contributed by atoms with Crippen LogP contribution in [-0.4, -0.2) is 33.9 Å². The van der Waals surface area contributed by atoms with Gasteiger partial charge in [-0.25, -0.2) is 13.2 Å². The fourth-order valence-corrected chi connectivity index (χ4v) is 4.24. The van der Waals surface area contributed by atoms with E-state index >= 15 is 0 Å². The number of carbonyl (C=O) groups excluding carboxylic acids is 1. The summed E-state index contributed by atoms with van der Waals surface area (Å²) in [5.74, 6) is 0.583. The van der Waals surface area contributed by atoms with Gasteiger partial charge >= 0.3 is 6.03 Å². The van der Waals surface area contributed by atoms with Crippen LogP contribution >= 0.6 is 0 Å². The molecule has 0 radical (unpaired) electrons. The number of urea groups is 1. The molecule has 0 spiro atoms. The molecule has 2 aromatic rings. The number of anilines is 3. The van der Waals surface area contributed by atoms with Crippen molar-refractivity contribution in [1.82, 2.24) is 0 Å². The zero-order valence-electron chi connectivity index (χ0n) is 13.7. The van der Waals surface area contributed by atoms with E-state index in [1.54, 1.807) is 30.3 Å². The van der Waals surface area contributed by atoms with Crippen LogP contribution in [0.2, 0.25) is 0 Å². The van der Waals surface area contributed by atoms with Crippen molar-refractivity contribution in [1.29, 1.82) is 0 Å². The van der Waals surface area contributed by atoms with E-state index in [0.717, 1.165) is 0 Å². The minimum atomic E-state index is -3.29. The van der Waals surface area contributed by atoms with Gasteiger partial charge in [-0.15, -0.1) is 0 Å². The molecular weight excluding hydrogens is 342 g/mol. The number of sulfonamides is 1. The third kappa shape index (κ3) is 3.85. The summed E-state index contributed by atoms with van der Waals surface area (Å²) >= 11 is 0. The fraction of sp³-hybridized carbons (Fsp3) is 0.235. The third-order valence-corrected chi connectivity index (χ3v) is 5.72. The number of benzene rings is 2. The lowest BCUT2D eigenvalue weighted by Crippen LogP contribution is -2.25. The average Bonchev–Trinajstić information content (AvgIpc) is 2.95. The van der Waals surface area contributed by atoms with Gasteiger partial charge in [0.2, 0.25) is 10.0 Å². The molecule has 2 amide bonds. The molecule has 0 unspecified atom stereocenters. The molecule has 1 fully saturated rings. The van der Waals surface area contributed by atoms with Crippen molar-refractivity contribution < 1.29 is 17.9 Å². The van der Waals surface area contributed by atoms with Gasteiger partial charge < -0.3 is 15.4 Å². The maximum Gasteiger partial charge on any atom is 0.323 e. The summed E-state index contributed by atoms with van der Waals surface area (Å²) in [6.45, 7) is 0.435. The van der Waals surface area contributed by atoms with Gasteiger partial charge in [-0.2, -0.15) is 0 Å². The van der Waals surface area contributed by atoms with Gasteiger partial charge in [0, 0.05) is 12.2 Å². The molecule has 1 aliphatic rings. The van der Waals surface area contributed by atoms with Crippen LogP contribution in [-0.2, 0) is 10.0 Å². The summed E-state index contributed by atoms with van der Waals surface area (Å²) in [5, 5.41) is 5.41. The van der Waals surface area contributed by atoms with E-state index in [-0.39, 0.29) is 5.75 Å². The Balaban J connectivity index is 1.82. The van der Waals surface area contributed by atoms with Crippen molar-refractivity contribution in [3.63, 3.8) is 0 Å². The molecule has 8 heteroatoms. The Morgan fingerprint density at radius 3 is 2.52 bits per heavy atom. The van der Waals surface area contributed by atoms with E-state index in [9.17, 15) is 13.2 Å². The first-order valence-electron chi connectivity index (χ1n) is 7.81. The molecule has 1 heterocycles. The van der Waals surface area contributed by atoms with Crippen LogP contribution in [0.5, 0.6) is 5.75 Å². The Bertz CT molecular complexity index is 869. The van der Waals surface area contributed by atoms with Gasteiger partial charge in [0.05, 0.1) is 24.2 Å². The van der Waals surface area contributed by atoms with E-state index in [1.807, 2.05) is 18.2 Å². The summed E-state index contributed by atoms with van der Waals surface area (Å²) in [6.07, 6.45) is 0.589. The molecule has 1 saturated heterocycles. The predicted octanol–water partition coefficient (Wildman–Crippen LogP) is 2.88. The first kappa shape index (κ1) is 17.1. The van der Waals surface area contributed by atoms with Gasteiger partial charge in [-0.05, 0) is 36.8 Å². The SMILES string of the molecule is COc1ccc(N2CCCS2(=O)=O)cc1NC(=O)Nc1ccccc1. The summed E-state index contributed by atoms with van der Waals surface area (Å²) in [7, 11) is -1.80. The van der Waals surface area contributed by atoms with Crippen molar-refractivity contribution in [2.75, 3.05) is 34.3 Å². The van der Waals surface area contributed by atoms with Crippen LogP contribution in [0, 0.1) is 0 Å². The van der Waals surface area contributed by atoms with Crippen LogP contribution in [0.1, 0.15) is 6.42 Å². The van der Waals surface area contributed by atoms with Crippen molar-refractivity contribution in [3.8, 4) is 5.75 Å². The number of nitrogens with one attached hydrogen (secondary N) is 2. The smallest absolute Gasteiger partial charge is 0.323 e. The lowest BCUT2D eigenvalue weighted by atomic mass is 10.2. The second-order valence-electron chi connectivity index (χ2n) is 5.57. The van der Waals surface area contributed by atoms with E-state index in [0.29, 0.717) is 35.8 Å². The topological polar surface area (TPSA) is 87.7 Å². The van der Waals surface area contributed by atoms with E-state index in [4.69, 9.17) is 4.74 Å². The van der Waals surface area contributed by atoms with Gasteiger partial charge in [0.25, 0.3) is 0 Å². The Morgan fingerprint density at radius 1 is 1.12 bits per heavy atom. The molecule has 25 heavy (non-hydrogen) atoms. The highest BCUT2D eigenvalue weighted by Crippen LogP contribution is 2.32. The molecule has 7 nitrogen and oxygen atoms in total. The number of amides is 2. The molecule has 132 valence electrons. The maximum absolute atomic E-state index is 12.2. The number of carbonyl (C=O) groups is 1. The minimum Gasteiger partial charge on any atom is -0.495 e. The fourth-order valence-electron chi connectivity index (χ4n) is 2.68. The maximum atomic E-state index is 12.2. The van der Waals surface area contributed by atoms with E-state index < -0.39 is 16.1 Å². The summed E-state index contributed by atoms with van der Waals surface area (Å²) < 4.78 is 30.8. The number of methoxy groups -OCH3 is 1. The third-order valence-electron chi connectivity index (χ3n) is 3.85. The van der Waals surface area contributed by atoms with Crippen molar-refractivity contribution in [3.05, 3.63) is 48.5 Å². The normalized spacial score (nSPS) is 15.6. The Labute approximate surface area is 146 Å². The van der Waals surface area contributed by atoms with E-state index in [1.165, 1.54) is 11.4 Å². The first-order valence-corrected chi connectivity index (χ1v) is 9.42. The molecule has 1 aliphatic heterocycles. The van der Waals surface area contributed by atoms with Crippen LogP contribution < -0.4 is 19.7 Å².